The summed E-state index contributed by atoms with van der Waals surface area (Å²) in [6, 6.07) is 0. The molecule has 1 radical (unpaired) electrons. The van der Waals surface area contributed by atoms with Crippen molar-refractivity contribution in [2.24, 2.45) is 5.41 Å². The summed E-state index contributed by atoms with van der Waals surface area (Å²) in [6.07, 6.45) is 16.7. The van der Waals surface area contributed by atoms with Crippen molar-refractivity contribution in [2.45, 2.75) is 71.3 Å². The molecule has 0 nitrogen and oxygen atoms in total. The fourth-order valence-electron chi connectivity index (χ4n) is 3.88. The minimum atomic E-state index is -1.69. The van der Waals surface area contributed by atoms with Gasteiger partial charge in [-0.3, -0.25) is 6.08 Å². The molecule has 2 aliphatic rings. The van der Waals surface area contributed by atoms with Gasteiger partial charge in [0.15, 0.2) is 0 Å². The molecule has 0 N–H and O–H groups in total. The number of rotatable bonds is 5. The van der Waals surface area contributed by atoms with E-state index in [4.69, 9.17) is 0 Å². The SMILES string of the molecule is CCCSC1([Si](C)(C)C2=[C-]CC=C2)CC=C(C)C=C1C(C)(C)C.[Cl-].[Cl-].[Ti+3]. The first-order valence-corrected chi connectivity index (χ1v) is 12.9. The van der Waals surface area contributed by atoms with Crippen molar-refractivity contribution in [1.82, 2.24) is 0 Å². The predicted molar refractivity (Wildman–Crippen MR) is 109 cm³/mol. The number of hydrogen-bond acceptors (Lipinski definition) is 1. The van der Waals surface area contributed by atoms with Crippen LogP contribution in [0.4, 0.5) is 0 Å². The van der Waals surface area contributed by atoms with Crippen molar-refractivity contribution in [3.63, 3.8) is 0 Å². The summed E-state index contributed by atoms with van der Waals surface area (Å²) in [5, 5.41) is 1.53. The van der Waals surface area contributed by atoms with Crippen LogP contribution in [-0.4, -0.2) is 18.2 Å². The van der Waals surface area contributed by atoms with Gasteiger partial charge in [0.2, 0.25) is 0 Å². The monoisotopic (exact) mass is 463 g/mol. The smallest absolute Gasteiger partial charge is 1.00 e. The quantitative estimate of drug-likeness (QED) is 0.426. The standard InChI is InChI=1S/C21H33SSi.2ClH.Ti/c1-8-15-22-21(23(6,7)18-11-9-10-12-18)14-13-17(2)16-19(21)20(3,4)5;;;/h9,11,13,16H,8,10,14-15H2,1-7H3;2*1H;/q-1;;;+3/p-2. The zero-order valence-corrected chi connectivity index (χ0v) is 22.2. The molecular formula is C21H33Cl2SSiTi. The average molecular weight is 464 g/mol. The van der Waals surface area contributed by atoms with E-state index in [0.29, 0.717) is 0 Å². The zero-order chi connectivity index (χ0) is 17.3. The van der Waals surface area contributed by atoms with Gasteiger partial charge in [-0.1, -0.05) is 64.1 Å². The minimum Gasteiger partial charge on any atom is -1.00 e. The van der Waals surface area contributed by atoms with Gasteiger partial charge in [0.05, 0.1) is 8.07 Å². The first-order chi connectivity index (χ1) is 10.6. The topological polar surface area (TPSA) is 0 Å². The molecule has 0 spiro atoms. The first kappa shape index (κ1) is 29.0. The van der Waals surface area contributed by atoms with E-state index >= 15 is 0 Å². The first-order valence-electron chi connectivity index (χ1n) is 8.96. The van der Waals surface area contributed by atoms with E-state index in [9.17, 15) is 0 Å². The molecule has 145 valence electrons. The Labute approximate surface area is 194 Å². The molecule has 2 rings (SSSR count). The van der Waals surface area contributed by atoms with Gasteiger partial charge in [0.1, 0.15) is 0 Å². The molecular weight excluding hydrogens is 431 g/mol. The third kappa shape index (κ3) is 5.67. The van der Waals surface area contributed by atoms with E-state index in [0.717, 1.165) is 6.42 Å². The number of allylic oxidation sites excluding steroid dienone is 7. The Morgan fingerprint density at radius 2 is 1.85 bits per heavy atom. The molecule has 26 heavy (non-hydrogen) atoms. The Morgan fingerprint density at radius 1 is 1.23 bits per heavy atom. The van der Waals surface area contributed by atoms with Crippen LogP contribution in [0.25, 0.3) is 0 Å². The van der Waals surface area contributed by atoms with E-state index in [1.165, 1.54) is 29.4 Å². The summed E-state index contributed by atoms with van der Waals surface area (Å²) in [5.74, 6) is 1.24. The average Bonchev–Trinajstić information content (AvgIpc) is 3.00. The Balaban J connectivity index is 0. The van der Waals surface area contributed by atoms with Crippen molar-refractivity contribution in [3.8, 4) is 0 Å². The van der Waals surface area contributed by atoms with E-state index in [2.05, 4.69) is 89.9 Å². The second kappa shape index (κ2) is 11.1. The van der Waals surface area contributed by atoms with Crippen LogP contribution < -0.4 is 24.8 Å². The zero-order valence-electron chi connectivity index (χ0n) is 17.3. The maximum Gasteiger partial charge on any atom is 3.00 e. The molecule has 1 atom stereocenters. The molecule has 0 aromatic rings. The number of thioether (sulfide) groups is 1. The van der Waals surface area contributed by atoms with Gasteiger partial charge in [0, 0.05) is 4.37 Å². The van der Waals surface area contributed by atoms with Crippen LogP contribution in [0.5, 0.6) is 0 Å². The van der Waals surface area contributed by atoms with Gasteiger partial charge in [0.25, 0.3) is 0 Å². The van der Waals surface area contributed by atoms with Crippen molar-refractivity contribution in [1.29, 1.82) is 0 Å². The van der Waals surface area contributed by atoms with Crippen LogP contribution >= 0.6 is 11.8 Å². The van der Waals surface area contributed by atoms with Crippen LogP contribution in [0.15, 0.2) is 40.6 Å². The van der Waals surface area contributed by atoms with E-state index in [-0.39, 0.29) is 56.3 Å². The molecule has 0 heterocycles. The van der Waals surface area contributed by atoms with Crippen molar-refractivity contribution >= 4 is 19.8 Å². The fourth-order valence-corrected chi connectivity index (χ4v) is 10.5. The number of hydrogen-bond donors (Lipinski definition) is 0. The second-order valence-corrected chi connectivity index (χ2v) is 14.9. The van der Waals surface area contributed by atoms with Crippen LogP contribution in [0.1, 0.15) is 53.9 Å². The minimum absolute atomic E-state index is 0. The summed E-state index contributed by atoms with van der Waals surface area (Å²) in [4.78, 5) is 0. The summed E-state index contributed by atoms with van der Waals surface area (Å²) in [7, 11) is -1.69. The van der Waals surface area contributed by atoms with E-state index in [1.54, 1.807) is 5.57 Å². The molecule has 0 aromatic carbocycles. The molecule has 0 aliphatic heterocycles. The van der Waals surface area contributed by atoms with Gasteiger partial charge >= 0.3 is 21.7 Å². The van der Waals surface area contributed by atoms with E-state index in [1.807, 2.05) is 0 Å². The van der Waals surface area contributed by atoms with Crippen LogP contribution in [0, 0.1) is 11.5 Å². The summed E-state index contributed by atoms with van der Waals surface area (Å²) < 4.78 is 0.262. The molecule has 1 unspecified atom stereocenters. The van der Waals surface area contributed by atoms with Gasteiger partial charge in [-0.05, 0) is 30.9 Å². The Kier molecular flexibility index (Phi) is 12.4. The molecule has 0 amide bonds. The maximum absolute atomic E-state index is 3.68. The second-order valence-electron chi connectivity index (χ2n) is 8.46. The van der Waals surface area contributed by atoms with Crippen molar-refractivity contribution in [3.05, 3.63) is 46.7 Å². The van der Waals surface area contributed by atoms with Gasteiger partial charge in [-0.25, -0.2) is 11.3 Å². The predicted octanol–water partition coefficient (Wildman–Crippen LogP) is 0.673. The summed E-state index contributed by atoms with van der Waals surface area (Å²) >= 11 is 2.23. The van der Waals surface area contributed by atoms with Crippen LogP contribution in [-0.2, 0) is 21.7 Å². The number of halogens is 2. The van der Waals surface area contributed by atoms with Crippen molar-refractivity contribution in [2.75, 3.05) is 5.75 Å². The normalized spacial score (nSPS) is 22.3. The largest absolute Gasteiger partial charge is 3.00 e. The van der Waals surface area contributed by atoms with E-state index < -0.39 is 8.07 Å². The van der Waals surface area contributed by atoms with Gasteiger partial charge < -0.3 is 24.8 Å². The molecule has 2 aliphatic carbocycles. The molecule has 0 saturated heterocycles. The molecule has 5 heteroatoms. The molecule has 0 fully saturated rings. The fraction of sp³-hybridized carbons (Fsp3) is 0.619. The van der Waals surface area contributed by atoms with Crippen molar-refractivity contribution < 1.29 is 46.5 Å². The molecule has 0 bridgehead atoms. The summed E-state index contributed by atoms with van der Waals surface area (Å²) in [6.45, 7) is 16.9. The Morgan fingerprint density at radius 3 is 2.31 bits per heavy atom. The van der Waals surface area contributed by atoms with Gasteiger partial charge in [-0.2, -0.15) is 17.8 Å². The third-order valence-electron chi connectivity index (χ3n) is 5.26. The Hall–Kier alpha value is 0.821. The molecule has 0 saturated carbocycles. The maximum atomic E-state index is 3.68. The third-order valence-corrected chi connectivity index (χ3v) is 12.9. The van der Waals surface area contributed by atoms with Gasteiger partial charge in [-0.15, -0.1) is 6.42 Å². The summed E-state index contributed by atoms with van der Waals surface area (Å²) in [5.41, 5.74) is 3.31. The van der Waals surface area contributed by atoms with Crippen LogP contribution in [0.2, 0.25) is 13.1 Å². The Bertz CT molecular complexity index is 585. The van der Waals surface area contributed by atoms with Crippen LogP contribution in [0.3, 0.4) is 0 Å². The molecule has 0 aromatic heterocycles.